The fourth-order valence-electron chi connectivity index (χ4n) is 2.11. The molecule has 0 radical (unpaired) electrons. The van der Waals surface area contributed by atoms with E-state index in [2.05, 4.69) is 0 Å². The number of anilines is 1. The third kappa shape index (κ3) is 2.64. The topological polar surface area (TPSA) is 104 Å². The SMILES string of the molecule is Nc1cc(C(=O)N2CC(O)CC2C(=O)O)ccc1Cl. The quantitative estimate of drug-likeness (QED) is 0.689. The average Bonchev–Trinajstić information content (AvgIpc) is 2.74. The number of carbonyl (C=O) groups excluding carboxylic acids is 1. The van der Waals surface area contributed by atoms with Crippen molar-refractivity contribution in [2.45, 2.75) is 18.6 Å². The van der Waals surface area contributed by atoms with Crippen molar-refractivity contribution in [3.63, 3.8) is 0 Å². The van der Waals surface area contributed by atoms with E-state index < -0.39 is 24.0 Å². The number of nitrogen functional groups attached to an aromatic ring is 1. The van der Waals surface area contributed by atoms with Crippen LogP contribution in [0.25, 0.3) is 0 Å². The zero-order valence-electron chi connectivity index (χ0n) is 9.91. The van der Waals surface area contributed by atoms with Crippen molar-refractivity contribution in [3.05, 3.63) is 28.8 Å². The van der Waals surface area contributed by atoms with E-state index >= 15 is 0 Å². The molecule has 1 aliphatic rings. The number of likely N-dealkylation sites (tertiary alicyclic amines) is 1. The number of amides is 1. The molecule has 2 atom stereocenters. The molecule has 1 aromatic rings. The molecule has 0 aliphatic carbocycles. The number of hydrogen-bond donors (Lipinski definition) is 3. The molecule has 0 bridgehead atoms. The summed E-state index contributed by atoms with van der Waals surface area (Å²) in [7, 11) is 0. The highest BCUT2D eigenvalue weighted by atomic mass is 35.5. The summed E-state index contributed by atoms with van der Waals surface area (Å²) in [6, 6.07) is 3.34. The highest BCUT2D eigenvalue weighted by Gasteiger charge is 2.39. The van der Waals surface area contributed by atoms with Crippen molar-refractivity contribution in [3.8, 4) is 0 Å². The minimum Gasteiger partial charge on any atom is -0.480 e. The molecule has 1 aromatic carbocycles. The van der Waals surface area contributed by atoms with Crippen molar-refractivity contribution in [1.82, 2.24) is 4.90 Å². The van der Waals surface area contributed by atoms with Gasteiger partial charge in [0.1, 0.15) is 6.04 Å². The zero-order valence-corrected chi connectivity index (χ0v) is 10.7. The molecule has 0 saturated carbocycles. The van der Waals surface area contributed by atoms with Crippen LogP contribution in [0.4, 0.5) is 5.69 Å². The minimum absolute atomic E-state index is 0.00166. The zero-order chi connectivity index (χ0) is 14.2. The second-order valence-corrected chi connectivity index (χ2v) is 4.84. The van der Waals surface area contributed by atoms with Gasteiger partial charge < -0.3 is 20.8 Å². The van der Waals surface area contributed by atoms with Gasteiger partial charge in [0.25, 0.3) is 5.91 Å². The Morgan fingerprint density at radius 1 is 1.42 bits per heavy atom. The average molecular weight is 285 g/mol. The van der Waals surface area contributed by atoms with Gasteiger partial charge in [-0.05, 0) is 18.2 Å². The standard InChI is InChI=1S/C12H13ClN2O4/c13-8-2-1-6(3-9(8)14)11(17)15-5-7(16)4-10(15)12(18)19/h1-3,7,10,16H,4-5,14H2,(H,18,19). The molecule has 6 nitrogen and oxygen atoms in total. The van der Waals surface area contributed by atoms with Crippen LogP contribution in [0.5, 0.6) is 0 Å². The van der Waals surface area contributed by atoms with Crippen LogP contribution in [0.3, 0.4) is 0 Å². The number of carboxylic acids is 1. The summed E-state index contributed by atoms with van der Waals surface area (Å²) in [5.41, 5.74) is 6.11. The van der Waals surface area contributed by atoms with Gasteiger partial charge in [-0.1, -0.05) is 11.6 Å². The lowest BCUT2D eigenvalue weighted by Gasteiger charge is -2.21. The molecule has 1 aliphatic heterocycles. The number of aliphatic carboxylic acids is 1. The molecular formula is C12H13ClN2O4. The number of benzene rings is 1. The summed E-state index contributed by atoms with van der Waals surface area (Å²) in [6.07, 6.45) is -0.792. The predicted octanol–water partition coefficient (Wildman–Crippen LogP) is 0.582. The lowest BCUT2D eigenvalue weighted by atomic mass is 10.1. The van der Waals surface area contributed by atoms with E-state index in [1.807, 2.05) is 0 Å². The molecule has 0 aromatic heterocycles. The highest BCUT2D eigenvalue weighted by molar-refractivity contribution is 6.33. The van der Waals surface area contributed by atoms with E-state index in [-0.39, 0.29) is 24.2 Å². The number of aliphatic hydroxyl groups excluding tert-OH is 1. The Morgan fingerprint density at radius 2 is 2.11 bits per heavy atom. The maximum atomic E-state index is 12.2. The number of aliphatic hydroxyl groups is 1. The molecule has 1 saturated heterocycles. The van der Waals surface area contributed by atoms with Gasteiger partial charge in [-0.2, -0.15) is 0 Å². The van der Waals surface area contributed by atoms with Crippen LogP contribution in [0.15, 0.2) is 18.2 Å². The minimum atomic E-state index is -1.13. The van der Waals surface area contributed by atoms with Gasteiger partial charge in [-0.25, -0.2) is 4.79 Å². The Kier molecular flexibility index (Phi) is 3.64. The van der Waals surface area contributed by atoms with Crippen molar-refractivity contribution in [2.24, 2.45) is 0 Å². The molecule has 1 fully saturated rings. The van der Waals surface area contributed by atoms with Gasteiger partial charge in [0.15, 0.2) is 0 Å². The van der Waals surface area contributed by atoms with E-state index in [1.54, 1.807) is 0 Å². The van der Waals surface area contributed by atoms with E-state index in [9.17, 15) is 14.7 Å². The van der Waals surface area contributed by atoms with Crippen LogP contribution in [-0.4, -0.2) is 45.7 Å². The molecule has 1 heterocycles. The first-order valence-corrected chi connectivity index (χ1v) is 6.05. The first kappa shape index (κ1) is 13.6. The molecule has 7 heteroatoms. The van der Waals surface area contributed by atoms with Crippen molar-refractivity contribution in [2.75, 3.05) is 12.3 Å². The van der Waals surface area contributed by atoms with Crippen molar-refractivity contribution < 1.29 is 19.8 Å². The monoisotopic (exact) mass is 284 g/mol. The van der Waals surface area contributed by atoms with Crippen molar-refractivity contribution >= 4 is 29.2 Å². The maximum Gasteiger partial charge on any atom is 0.326 e. The number of nitrogens with zero attached hydrogens (tertiary/aromatic N) is 1. The number of carbonyl (C=O) groups is 2. The number of rotatable bonds is 2. The Bertz CT molecular complexity index is 534. The fraction of sp³-hybridized carbons (Fsp3) is 0.333. The van der Waals surface area contributed by atoms with Crippen LogP contribution in [-0.2, 0) is 4.79 Å². The molecule has 2 unspecified atom stereocenters. The lowest BCUT2D eigenvalue weighted by Crippen LogP contribution is -2.40. The molecule has 1 amide bonds. The Labute approximate surface area is 114 Å². The van der Waals surface area contributed by atoms with Gasteiger partial charge in [0, 0.05) is 18.5 Å². The number of nitrogens with two attached hydrogens (primary N) is 1. The number of carboxylic acid groups (broad SMARTS) is 1. The normalized spacial score (nSPS) is 22.5. The first-order valence-electron chi connectivity index (χ1n) is 5.67. The maximum absolute atomic E-state index is 12.2. The number of β-amino-alcohol motifs (C(OH)–C–C–N with tert-alkyl or cyclic N) is 1. The van der Waals surface area contributed by atoms with E-state index in [0.29, 0.717) is 5.02 Å². The highest BCUT2D eigenvalue weighted by Crippen LogP contribution is 2.24. The van der Waals surface area contributed by atoms with Gasteiger partial charge in [-0.3, -0.25) is 4.79 Å². The molecule has 19 heavy (non-hydrogen) atoms. The van der Waals surface area contributed by atoms with Gasteiger partial charge >= 0.3 is 5.97 Å². The lowest BCUT2D eigenvalue weighted by molar-refractivity contribution is -0.141. The molecule has 2 rings (SSSR count). The fourth-order valence-corrected chi connectivity index (χ4v) is 2.23. The third-order valence-electron chi connectivity index (χ3n) is 3.07. The predicted molar refractivity (Wildman–Crippen MR) is 68.9 cm³/mol. The second kappa shape index (κ2) is 5.07. The van der Waals surface area contributed by atoms with Crippen molar-refractivity contribution in [1.29, 1.82) is 0 Å². The third-order valence-corrected chi connectivity index (χ3v) is 3.41. The smallest absolute Gasteiger partial charge is 0.326 e. The number of hydrogen-bond acceptors (Lipinski definition) is 4. The summed E-state index contributed by atoms with van der Waals surface area (Å²) >= 11 is 5.76. The Hall–Kier alpha value is -1.79. The van der Waals surface area contributed by atoms with E-state index in [1.165, 1.54) is 18.2 Å². The molecule has 0 spiro atoms. The van der Waals surface area contributed by atoms with Crippen LogP contribution < -0.4 is 5.73 Å². The second-order valence-electron chi connectivity index (χ2n) is 4.44. The summed E-state index contributed by atoms with van der Waals surface area (Å²) in [4.78, 5) is 24.4. The summed E-state index contributed by atoms with van der Waals surface area (Å²) in [5, 5.41) is 18.9. The van der Waals surface area contributed by atoms with Gasteiger partial charge in [-0.15, -0.1) is 0 Å². The van der Waals surface area contributed by atoms with Gasteiger partial charge in [0.05, 0.1) is 16.8 Å². The van der Waals surface area contributed by atoms with Crippen LogP contribution in [0.1, 0.15) is 16.8 Å². The molecule has 4 N–H and O–H groups in total. The Balaban J connectivity index is 2.27. The number of halogens is 1. The summed E-state index contributed by atoms with van der Waals surface area (Å²) in [6.45, 7) is -0.00166. The van der Waals surface area contributed by atoms with E-state index in [4.69, 9.17) is 22.4 Å². The largest absolute Gasteiger partial charge is 0.480 e. The molecular weight excluding hydrogens is 272 g/mol. The molecule has 102 valence electrons. The van der Waals surface area contributed by atoms with E-state index in [0.717, 1.165) is 4.90 Å². The summed E-state index contributed by atoms with van der Waals surface area (Å²) in [5.74, 6) is -1.61. The summed E-state index contributed by atoms with van der Waals surface area (Å²) < 4.78 is 0. The van der Waals surface area contributed by atoms with Crippen LogP contribution in [0.2, 0.25) is 5.02 Å². The van der Waals surface area contributed by atoms with Crippen LogP contribution >= 0.6 is 11.6 Å². The van der Waals surface area contributed by atoms with Gasteiger partial charge in [0.2, 0.25) is 0 Å². The van der Waals surface area contributed by atoms with Crippen LogP contribution in [0, 0.1) is 0 Å². The first-order chi connectivity index (χ1) is 8.90. The Morgan fingerprint density at radius 3 is 2.68 bits per heavy atom.